The van der Waals surface area contributed by atoms with Gasteiger partial charge in [0.05, 0.1) is 0 Å². The van der Waals surface area contributed by atoms with Crippen LogP contribution in [-0.2, 0) is 4.79 Å². The van der Waals surface area contributed by atoms with Crippen molar-refractivity contribution in [3.63, 3.8) is 0 Å². The van der Waals surface area contributed by atoms with E-state index in [4.69, 9.17) is 5.11 Å². The molecule has 0 heterocycles. The minimum absolute atomic E-state index is 0.270. The highest BCUT2D eigenvalue weighted by atomic mass is 16.4. The van der Waals surface area contributed by atoms with Crippen LogP contribution in [0.15, 0.2) is 59.3 Å². The van der Waals surface area contributed by atoms with E-state index in [2.05, 4.69) is 32.1 Å². The van der Waals surface area contributed by atoms with Crippen molar-refractivity contribution < 1.29 is 9.90 Å². The zero-order valence-corrected chi connectivity index (χ0v) is 13.5. The first-order chi connectivity index (χ1) is 9.81. The SMILES string of the molecule is CC(=C/C(=O)O)/C=C/C=C(C)\C=C\C1=CCCCC1(C)C. The Morgan fingerprint density at radius 3 is 2.57 bits per heavy atom. The predicted molar refractivity (Wildman–Crippen MR) is 89.1 cm³/mol. The van der Waals surface area contributed by atoms with Crippen molar-refractivity contribution in [1.82, 2.24) is 0 Å². The molecule has 0 saturated heterocycles. The summed E-state index contributed by atoms with van der Waals surface area (Å²) in [4.78, 5) is 10.5. The molecular weight excluding hydrogens is 260 g/mol. The third-order valence-electron chi connectivity index (χ3n) is 3.75. The minimum atomic E-state index is -0.913. The lowest BCUT2D eigenvalue weighted by Crippen LogP contribution is -2.16. The number of carboxylic acids is 1. The van der Waals surface area contributed by atoms with E-state index in [1.165, 1.54) is 30.9 Å². The fraction of sp³-hybridized carbons (Fsp3) is 0.421. The van der Waals surface area contributed by atoms with E-state index in [9.17, 15) is 4.79 Å². The number of carbonyl (C=O) groups is 1. The highest BCUT2D eigenvalue weighted by Crippen LogP contribution is 2.37. The average Bonchev–Trinajstić information content (AvgIpc) is 2.36. The van der Waals surface area contributed by atoms with Crippen LogP contribution in [0.2, 0.25) is 0 Å². The Morgan fingerprint density at radius 2 is 1.95 bits per heavy atom. The molecule has 1 aliphatic rings. The minimum Gasteiger partial charge on any atom is -0.478 e. The van der Waals surface area contributed by atoms with Gasteiger partial charge in [-0.15, -0.1) is 0 Å². The second kappa shape index (κ2) is 7.82. The molecule has 0 saturated carbocycles. The maximum Gasteiger partial charge on any atom is 0.328 e. The summed E-state index contributed by atoms with van der Waals surface area (Å²) in [7, 11) is 0. The van der Waals surface area contributed by atoms with Gasteiger partial charge in [0.15, 0.2) is 0 Å². The Hall–Kier alpha value is -1.83. The summed E-state index contributed by atoms with van der Waals surface area (Å²) in [5.41, 5.74) is 3.56. The zero-order chi connectivity index (χ0) is 15.9. The number of allylic oxidation sites excluding steroid dienone is 9. The maximum atomic E-state index is 10.5. The molecule has 0 aromatic heterocycles. The predicted octanol–water partition coefficient (Wildman–Crippen LogP) is 5.21. The topological polar surface area (TPSA) is 37.3 Å². The third-order valence-corrected chi connectivity index (χ3v) is 3.75. The lowest BCUT2D eigenvalue weighted by atomic mass is 9.75. The summed E-state index contributed by atoms with van der Waals surface area (Å²) in [6.45, 7) is 8.41. The summed E-state index contributed by atoms with van der Waals surface area (Å²) >= 11 is 0. The van der Waals surface area contributed by atoms with Crippen LogP contribution in [0.3, 0.4) is 0 Å². The maximum absolute atomic E-state index is 10.5. The first kappa shape index (κ1) is 17.2. The molecule has 0 bridgehead atoms. The molecule has 0 spiro atoms. The summed E-state index contributed by atoms with van der Waals surface area (Å²) in [6, 6.07) is 0. The Kier molecular flexibility index (Phi) is 6.41. The van der Waals surface area contributed by atoms with Crippen molar-refractivity contribution in [2.45, 2.75) is 47.0 Å². The van der Waals surface area contributed by atoms with Crippen molar-refractivity contribution in [2.24, 2.45) is 5.41 Å². The third kappa shape index (κ3) is 6.44. The summed E-state index contributed by atoms with van der Waals surface area (Å²) in [5.74, 6) is -0.913. The molecule has 0 radical (unpaired) electrons. The first-order valence-electron chi connectivity index (χ1n) is 7.46. The number of hydrogen-bond acceptors (Lipinski definition) is 1. The van der Waals surface area contributed by atoms with Gasteiger partial charge in [0, 0.05) is 6.08 Å². The number of hydrogen-bond donors (Lipinski definition) is 1. The van der Waals surface area contributed by atoms with Crippen LogP contribution in [-0.4, -0.2) is 11.1 Å². The summed E-state index contributed by atoms with van der Waals surface area (Å²) in [6.07, 6.45) is 17.2. The lowest BCUT2D eigenvalue weighted by molar-refractivity contribution is -0.131. The second-order valence-electron chi connectivity index (χ2n) is 6.27. The monoisotopic (exact) mass is 286 g/mol. The van der Waals surface area contributed by atoms with E-state index in [1.54, 1.807) is 13.0 Å². The molecule has 0 aromatic rings. The van der Waals surface area contributed by atoms with Gasteiger partial charge in [-0.1, -0.05) is 55.9 Å². The quantitative estimate of drug-likeness (QED) is 0.556. The van der Waals surface area contributed by atoms with Crippen LogP contribution < -0.4 is 0 Å². The molecule has 1 rings (SSSR count). The van der Waals surface area contributed by atoms with Gasteiger partial charge in [-0.25, -0.2) is 4.79 Å². The van der Waals surface area contributed by atoms with E-state index >= 15 is 0 Å². The molecule has 0 aromatic carbocycles. The molecule has 0 aliphatic heterocycles. The lowest BCUT2D eigenvalue weighted by Gasteiger charge is -2.30. The van der Waals surface area contributed by atoms with E-state index < -0.39 is 5.97 Å². The normalized spacial score (nSPS) is 20.1. The van der Waals surface area contributed by atoms with Crippen LogP contribution in [0.4, 0.5) is 0 Å². The molecule has 2 heteroatoms. The van der Waals surface area contributed by atoms with Gasteiger partial charge in [-0.3, -0.25) is 0 Å². The largest absolute Gasteiger partial charge is 0.478 e. The van der Waals surface area contributed by atoms with E-state index in [-0.39, 0.29) is 5.41 Å². The molecule has 21 heavy (non-hydrogen) atoms. The first-order valence-corrected chi connectivity index (χ1v) is 7.46. The standard InChI is InChI=1S/C19H26O2/c1-15(8-7-9-16(2)14-18(20)21)11-12-17-10-5-6-13-19(17,3)4/h7-12,14H,5-6,13H2,1-4H3,(H,20,21)/b9-7+,12-11+,15-8-,16-14-. The van der Waals surface area contributed by atoms with Gasteiger partial charge in [0.2, 0.25) is 0 Å². The van der Waals surface area contributed by atoms with Crippen LogP contribution in [0, 0.1) is 5.41 Å². The molecule has 1 aliphatic carbocycles. The zero-order valence-electron chi connectivity index (χ0n) is 13.5. The number of carboxylic acid groups (broad SMARTS) is 1. The Labute approximate surface area is 128 Å². The fourth-order valence-corrected chi connectivity index (χ4v) is 2.39. The van der Waals surface area contributed by atoms with E-state index in [0.717, 1.165) is 11.1 Å². The Balaban J connectivity index is 2.68. The molecule has 0 unspecified atom stereocenters. The fourth-order valence-electron chi connectivity index (χ4n) is 2.39. The van der Waals surface area contributed by atoms with Crippen LogP contribution in [0.25, 0.3) is 0 Å². The van der Waals surface area contributed by atoms with E-state index in [0.29, 0.717) is 0 Å². The molecule has 114 valence electrons. The van der Waals surface area contributed by atoms with Crippen LogP contribution in [0.1, 0.15) is 47.0 Å². The van der Waals surface area contributed by atoms with Gasteiger partial charge < -0.3 is 5.11 Å². The molecule has 0 atom stereocenters. The van der Waals surface area contributed by atoms with Gasteiger partial charge in [-0.2, -0.15) is 0 Å². The Bertz CT molecular complexity index is 526. The van der Waals surface area contributed by atoms with Crippen molar-refractivity contribution in [2.75, 3.05) is 0 Å². The average molecular weight is 286 g/mol. The van der Waals surface area contributed by atoms with Crippen molar-refractivity contribution in [3.8, 4) is 0 Å². The highest BCUT2D eigenvalue weighted by Gasteiger charge is 2.23. The van der Waals surface area contributed by atoms with Gasteiger partial charge in [0.1, 0.15) is 0 Å². The number of rotatable bonds is 5. The number of aliphatic carboxylic acids is 1. The summed E-state index contributed by atoms with van der Waals surface area (Å²) in [5, 5.41) is 8.63. The molecule has 2 nitrogen and oxygen atoms in total. The van der Waals surface area contributed by atoms with Gasteiger partial charge >= 0.3 is 5.97 Å². The highest BCUT2D eigenvalue weighted by molar-refractivity contribution is 5.81. The summed E-state index contributed by atoms with van der Waals surface area (Å²) < 4.78 is 0. The molecular formula is C19H26O2. The van der Waals surface area contributed by atoms with Crippen LogP contribution >= 0.6 is 0 Å². The Morgan fingerprint density at radius 1 is 1.24 bits per heavy atom. The molecule has 1 N–H and O–H groups in total. The van der Waals surface area contributed by atoms with E-state index in [1.807, 2.05) is 19.1 Å². The smallest absolute Gasteiger partial charge is 0.328 e. The van der Waals surface area contributed by atoms with Crippen LogP contribution in [0.5, 0.6) is 0 Å². The molecule has 0 amide bonds. The van der Waals surface area contributed by atoms with Crippen molar-refractivity contribution in [3.05, 3.63) is 59.3 Å². The molecule has 0 fully saturated rings. The van der Waals surface area contributed by atoms with Crippen molar-refractivity contribution in [1.29, 1.82) is 0 Å². The van der Waals surface area contributed by atoms with Gasteiger partial charge in [-0.05, 0) is 49.7 Å². The van der Waals surface area contributed by atoms with Crippen molar-refractivity contribution >= 4 is 5.97 Å². The second-order valence-corrected chi connectivity index (χ2v) is 6.27. The van der Waals surface area contributed by atoms with Gasteiger partial charge in [0.25, 0.3) is 0 Å².